The van der Waals surface area contributed by atoms with Crippen molar-refractivity contribution >= 4 is 17.6 Å². The van der Waals surface area contributed by atoms with Crippen LogP contribution in [-0.4, -0.2) is 16.5 Å². The lowest BCUT2D eigenvalue weighted by molar-refractivity contribution is 1.04. The SMILES string of the molecule is CCNc1nc(-c2cccc(C)c2C)nc2c1CSC2. The van der Waals surface area contributed by atoms with E-state index in [1.165, 1.54) is 22.4 Å². The summed E-state index contributed by atoms with van der Waals surface area (Å²) < 4.78 is 0. The fourth-order valence-electron chi connectivity index (χ4n) is 2.48. The third-order valence-electron chi connectivity index (χ3n) is 3.77. The van der Waals surface area contributed by atoms with Crippen molar-refractivity contribution in [2.45, 2.75) is 32.3 Å². The Bertz CT molecular complexity index is 652. The van der Waals surface area contributed by atoms with E-state index in [-0.39, 0.29) is 0 Å². The molecule has 1 aromatic carbocycles. The predicted octanol–water partition coefficient (Wildman–Crippen LogP) is 3.94. The van der Waals surface area contributed by atoms with Crippen molar-refractivity contribution in [3.05, 3.63) is 40.6 Å². The Morgan fingerprint density at radius 2 is 2.05 bits per heavy atom. The lowest BCUT2D eigenvalue weighted by Crippen LogP contribution is -2.07. The van der Waals surface area contributed by atoms with E-state index < -0.39 is 0 Å². The Hall–Kier alpha value is -1.55. The lowest BCUT2D eigenvalue weighted by Gasteiger charge is -2.12. The van der Waals surface area contributed by atoms with Gasteiger partial charge in [0.15, 0.2) is 5.82 Å². The number of hydrogen-bond acceptors (Lipinski definition) is 4. The topological polar surface area (TPSA) is 37.8 Å². The van der Waals surface area contributed by atoms with E-state index in [4.69, 9.17) is 9.97 Å². The molecule has 20 heavy (non-hydrogen) atoms. The summed E-state index contributed by atoms with van der Waals surface area (Å²) in [7, 11) is 0. The number of aromatic nitrogens is 2. The maximum Gasteiger partial charge on any atom is 0.162 e. The van der Waals surface area contributed by atoms with Gasteiger partial charge in [-0.15, -0.1) is 0 Å². The minimum Gasteiger partial charge on any atom is -0.370 e. The van der Waals surface area contributed by atoms with Crippen LogP contribution in [0.1, 0.15) is 29.3 Å². The van der Waals surface area contributed by atoms with Crippen molar-refractivity contribution in [1.82, 2.24) is 9.97 Å². The van der Waals surface area contributed by atoms with Crippen LogP contribution in [0.15, 0.2) is 18.2 Å². The molecule has 0 amide bonds. The molecule has 1 aromatic heterocycles. The maximum absolute atomic E-state index is 4.80. The van der Waals surface area contributed by atoms with Gasteiger partial charge in [0.2, 0.25) is 0 Å². The van der Waals surface area contributed by atoms with Gasteiger partial charge in [0.05, 0.1) is 5.69 Å². The molecular weight excluding hydrogens is 266 g/mol. The molecule has 2 heterocycles. The molecule has 3 nitrogen and oxygen atoms in total. The average molecular weight is 285 g/mol. The molecule has 1 N–H and O–H groups in total. The number of thioether (sulfide) groups is 1. The summed E-state index contributed by atoms with van der Waals surface area (Å²) in [5.74, 6) is 3.88. The fourth-order valence-corrected chi connectivity index (χ4v) is 3.52. The van der Waals surface area contributed by atoms with Crippen LogP contribution in [0.2, 0.25) is 0 Å². The summed E-state index contributed by atoms with van der Waals surface area (Å²) in [5.41, 5.74) is 6.16. The standard InChI is InChI=1S/C16H19N3S/c1-4-17-15-13-8-20-9-14(13)18-16(19-15)12-7-5-6-10(2)11(12)3/h5-7H,4,8-9H2,1-3H3,(H,17,18,19). The first kappa shape index (κ1) is 13.4. The molecule has 0 saturated heterocycles. The molecule has 104 valence electrons. The first-order valence-corrected chi connectivity index (χ1v) is 8.14. The van der Waals surface area contributed by atoms with Gasteiger partial charge in [0, 0.05) is 29.2 Å². The van der Waals surface area contributed by atoms with Crippen LogP contribution in [0, 0.1) is 13.8 Å². The molecule has 0 unspecified atom stereocenters. The molecule has 0 spiro atoms. The number of rotatable bonds is 3. The number of anilines is 1. The lowest BCUT2D eigenvalue weighted by atomic mass is 10.0. The number of fused-ring (bicyclic) bond motifs is 1. The summed E-state index contributed by atoms with van der Waals surface area (Å²) in [6.07, 6.45) is 0. The van der Waals surface area contributed by atoms with Crippen molar-refractivity contribution in [3.63, 3.8) is 0 Å². The Morgan fingerprint density at radius 3 is 2.85 bits per heavy atom. The van der Waals surface area contributed by atoms with Crippen molar-refractivity contribution in [2.75, 3.05) is 11.9 Å². The summed E-state index contributed by atoms with van der Waals surface area (Å²) in [4.78, 5) is 9.57. The fraction of sp³-hybridized carbons (Fsp3) is 0.375. The quantitative estimate of drug-likeness (QED) is 0.927. The third-order valence-corrected chi connectivity index (χ3v) is 4.74. The first-order chi connectivity index (χ1) is 9.70. The second-order valence-corrected chi connectivity index (χ2v) is 6.08. The predicted molar refractivity (Wildman–Crippen MR) is 86.1 cm³/mol. The summed E-state index contributed by atoms with van der Waals surface area (Å²) in [5, 5.41) is 3.39. The number of nitrogens with one attached hydrogen (secondary N) is 1. The number of benzene rings is 1. The van der Waals surface area contributed by atoms with E-state index in [1.54, 1.807) is 0 Å². The van der Waals surface area contributed by atoms with Crippen molar-refractivity contribution in [3.8, 4) is 11.4 Å². The molecular formula is C16H19N3S. The van der Waals surface area contributed by atoms with Gasteiger partial charge in [0.25, 0.3) is 0 Å². The van der Waals surface area contributed by atoms with Crippen LogP contribution < -0.4 is 5.32 Å². The summed E-state index contributed by atoms with van der Waals surface area (Å²) in [6, 6.07) is 6.32. The Morgan fingerprint density at radius 1 is 1.20 bits per heavy atom. The van der Waals surface area contributed by atoms with Crippen LogP contribution in [0.4, 0.5) is 5.82 Å². The van der Waals surface area contributed by atoms with E-state index in [2.05, 4.69) is 44.3 Å². The molecule has 1 aliphatic heterocycles. The molecule has 0 radical (unpaired) electrons. The monoisotopic (exact) mass is 285 g/mol. The second kappa shape index (κ2) is 5.44. The highest BCUT2D eigenvalue weighted by molar-refractivity contribution is 7.98. The molecule has 0 atom stereocenters. The first-order valence-electron chi connectivity index (χ1n) is 6.98. The van der Waals surface area contributed by atoms with E-state index in [1.807, 2.05) is 11.8 Å². The molecule has 0 fully saturated rings. The summed E-state index contributed by atoms with van der Waals surface area (Å²) >= 11 is 1.91. The molecule has 0 bridgehead atoms. The zero-order chi connectivity index (χ0) is 14.1. The molecule has 0 saturated carbocycles. The molecule has 0 aliphatic carbocycles. The van der Waals surface area contributed by atoms with Gasteiger partial charge in [-0.05, 0) is 31.9 Å². The zero-order valence-electron chi connectivity index (χ0n) is 12.2. The largest absolute Gasteiger partial charge is 0.370 e. The Kier molecular flexibility index (Phi) is 3.66. The van der Waals surface area contributed by atoms with E-state index in [0.717, 1.165) is 35.3 Å². The van der Waals surface area contributed by atoms with Gasteiger partial charge in [-0.3, -0.25) is 0 Å². The van der Waals surface area contributed by atoms with Crippen LogP contribution in [-0.2, 0) is 11.5 Å². The van der Waals surface area contributed by atoms with Crippen LogP contribution in [0.3, 0.4) is 0 Å². The van der Waals surface area contributed by atoms with Crippen LogP contribution >= 0.6 is 11.8 Å². The van der Waals surface area contributed by atoms with Crippen molar-refractivity contribution in [1.29, 1.82) is 0 Å². The van der Waals surface area contributed by atoms with Crippen LogP contribution in [0.5, 0.6) is 0 Å². The van der Waals surface area contributed by atoms with E-state index >= 15 is 0 Å². The number of hydrogen-bond donors (Lipinski definition) is 1. The number of nitrogens with zero attached hydrogens (tertiary/aromatic N) is 2. The van der Waals surface area contributed by atoms with Crippen molar-refractivity contribution < 1.29 is 0 Å². The normalized spacial score (nSPS) is 13.3. The van der Waals surface area contributed by atoms with Gasteiger partial charge in [0.1, 0.15) is 5.82 Å². The maximum atomic E-state index is 4.80. The van der Waals surface area contributed by atoms with Crippen molar-refractivity contribution in [2.24, 2.45) is 0 Å². The Labute approximate surface area is 124 Å². The molecule has 1 aliphatic rings. The second-order valence-electron chi connectivity index (χ2n) is 5.09. The van der Waals surface area contributed by atoms with Gasteiger partial charge >= 0.3 is 0 Å². The smallest absolute Gasteiger partial charge is 0.162 e. The zero-order valence-corrected chi connectivity index (χ0v) is 13.0. The van der Waals surface area contributed by atoms with E-state index in [9.17, 15) is 0 Å². The van der Waals surface area contributed by atoms with Gasteiger partial charge in [-0.25, -0.2) is 9.97 Å². The average Bonchev–Trinajstić information content (AvgIpc) is 2.90. The van der Waals surface area contributed by atoms with Gasteiger partial charge < -0.3 is 5.32 Å². The summed E-state index contributed by atoms with van der Waals surface area (Å²) in [6.45, 7) is 7.27. The third kappa shape index (κ3) is 2.29. The van der Waals surface area contributed by atoms with Gasteiger partial charge in [-0.1, -0.05) is 18.2 Å². The molecule has 3 rings (SSSR count). The minimum absolute atomic E-state index is 0.850. The van der Waals surface area contributed by atoms with Crippen LogP contribution in [0.25, 0.3) is 11.4 Å². The Balaban J connectivity index is 2.15. The molecule has 2 aromatic rings. The van der Waals surface area contributed by atoms with E-state index in [0.29, 0.717) is 0 Å². The minimum atomic E-state index is 0.850. The highest BCUT2D eigenvalue weighted by Crippen LogP contribution is 2.35. The highest BCUT2D eigenvalue weighted by atomic mass is 32.2. The highest BCUT2D eigenvalue weighted by Gasteiger charge is 2.20. The van der Waals surface area contributed by atoms with Gasteiger partial charge in [-0.2, -0.15) is 11.8 Å². The number of aryl methyl sites for hydroxylation is 1. The molecule has 4 heteroatoms.